The molecule has 527 valence electrons. The third-order valence-corrected chi connectivity index (χ3v) is 10.6. The molecule has 0 N–H and O–H groups in total. The second-order valence-corrected chi connectivity index (χ2v) is 14.1. The van der Waals surface area contributed by atoms with Gasteiger partial charge in [0.1, 0.15) is 11.2 Å². The number of benzene rings is 9. The largest absolute Gasteiger partial charge is 0.456 e. The average molecular weight is 3520 g/mol. The Morgan fingerprint density at radius 1 is 0.167 bits per heavy atom. The molecule has 27 radical (unpaired) electrons. The van der Waals surface area contributed by atoms with Gasteiger partial charge in [0.2, 0.25) is 0 Å². The van der Waals surface area contributed by atoms with Crippen LogP contribution < -0.4 is 0 Å². The molecule has 108 heavy (non-hydrogen) atoms. The van der Waals surface area contributed by atoms with Crippen molar-refractivity contribution in [3.05, 3.63) is 237 Å². The van der Waals surface area contributed by atoms with Crippen LogP contribution in [0.15, 0.2) is 241 Å². The van der Waals surface area contributed by atoms with E-state index in [0.29, 0.717) is 0 Å². The van der Waals surface area contributed by atoms with Crippen molar-refractivity contribution in [1.82, 2.24) is 0 Å². The fraction of sp³-hybridized carbons (Fsp3) is 0.329. The molecule has 1 nitrogen and oxygen atoms in total. The van der Waals surface area contributed by atoms with Gasteiger partial charge in [0.25, 0.3) is 0 Å². The standard InChI is InChI=1S/C13H9.C12H8O.C12H8S.C10H8.C6H6.13C2H6.27Y/c1-3-7-12-10(5-1)9-11-6-2-4-8-13(11)12;2*1-3-7-11-9(5-1)10-6-2-4-8-12(10)13-11;1-2-6-10-8-4-3-7-9(10)5-1;1-2-4-6-5-3-1;13*1-2;;;;;;;;;;;;;;;;;;;;;;;;;;;/h1-9H;2*1-8H;1-8H;1-6H;13*1-2H3;;;;;;;;;;;;;;;;;;;;;;;;;;;/q-1;;;;;;;;;;;;;;;;;;;;;;;;;;;;;;;;;;;;;;;;;;;;. The number of thiophene rings is 1. The zero-order chi connectivity index (χ0) is 63.1. The van der Waals surface area contributed by atoms with E-state index in [-0.39, 0.29) is 883 Å². The molecule has 0 aliphatic rings. The molecule has 29 heteroatoms. The maximum Gasteiger partial charge on any atom is 0.135 e. The fourth-order valence-electron chi connectivity index (χ4n) is 6.77. The van der Waals surface area contributed by atoms with Gasteiger partial charge in [-0.2, -0.15) is 0 Å². The predicted octanol–water partition coefficient (Wildman–Crippen LogP) is 29.2. The summed E-state index contributed by atoms with van der Waals surface area (Å²) in [5.41, 5.74) is 1.92. The van der Waals surface area contributed by atoms with Gasteiger partial charge in [-0.1, -0.05) is 374 Å². The van der Waals surface area contributed by atoms with Gasteiger partial charge in [-0.3, -0.25) is 0 Å². The predicted molar refractivity (Wildman–Crippen MR) is 388 cm³/mol. The topological polar surface area (TPSA) is 13.1 Å². The van der Waals surface area contributed by atoms with Gasteiger partial charge in [0, 0.05) is 914 Å². The summed E-state index contributed by atoms with van der Waals surface area (Å²) in [5, 5.41) is 13.2. The van der Waals surface area contributed by atoms with Gasteiger partial charge in [0.05, 0.1) is 0 Å². The molecule has 0 fully saturated rings. The summed E-state index contributed by atoms with van der Waals surface area (Å²) in [6.07, 6.45) is 0. The van der Waals surface area contributed by atoms with E-state index in [4.69, 9.17) is 4.42 Å². The van der Waals surface area contributed by atoms with Crippen molar-refractivity contribution in [3.63, 3.8) is 0 Å². The zero-order valence-electron chi connectivity index (χ0n) is 71.9. The fourth-order valence-corrected chi connectivity index (χ4v) is 7.88. The van der Waals surface area contributed by atoms with Crippen molar-refractivity contribution in [1.29, 1.82) is 0 Å². The maximum absolute atomic E-state index is 5.65. The molecule has 10 aromatic carbocycles. The molecule has 2 heterocycles. The van der Waals surface area contributed by atoms with Crippen LogP contribution in [0.4, 0.5) is 0 Å². The second kappa shape index (κ2) is 192. The van der Waals surface area contributed by atoms with Crippen molar-refractivity contribution >= 4 is 85.8 Å². The molecule has 0 atom stereocenters. The first-order chi connectivity index (χ1) is 40.3. The molecule has 0 saturated heterocycles. The first-order valence-electron chi connectivity index (χ1n) is 31.5. The van der Waals surface area contributed by atoms with Crippen molar-refractivity contribution in [2.75, 3.05) is 0 Å². The Labute approximate surface area is 1350 Å². The van der Waals surface area contributed by atoms with Crippen LogP contribution in [0.5, 0.6) is 0 Å². The molecular formula is C79H117OSY27-. The summed E-state index contributed by atoms with van der Waals surface area (Å²) >= 11 is 1.86. The van der Waals surface area contributed by atoms with Gasteiger partial charge >= 0.3 is 0 Å². The Balaban J connectivity index is -0.0000000186. The minimum absolute atomic E-state index is 0. The quantitative estimate of drug-likeness (QED) is 0.138. The Kier molecular flexibility index (Phi) is 411. The van der Waals surface area contributed by atoms with Crippen molar-refractivity contribution in [2.24, 2.45) is 0 Å². The molecule has 0 saturated carbocycles. The zero-order valence-corrected chi connectivity index (χ0v) is 149. The molecule has 12 rings (SSSR count). The molecule has 0 aliphatic carbocycles. The Morgan fingerprint density at radius 2 is 0.324 bits per heavy atom. The van der Waals surface area contributed by atoms with Crippen LogP contribution in [0.2, 0.25) is 0 Å². The molecule has 0 amide bonds. The van der Waals surface area contributed by atoms with Crippen molar-refractivity contribution in [3.8, 4) is 0 Å². The van der Waals surface area contributed by atoms with Gasteiger partial charge in [-0.15, -0.1) is 51.1 Å². The minimum atomic E-state index is 0. The van der Waals surface area contributed by atoms with Crippen LogP contribution in [0.3, 0.4) is 0 Å². The van der Waals surface area contributed by atoms with E-state index < -0.39 is 0 Å². The molecule has 2 aromatic heterocycles. The van der Waals surface area contributed by atoms with Gasteiger partial charge < -0.3 is 4.42 Å². The number of rotatable bonds is 0. The molecule has 12 aromatic rings. The number of furan rings is 1. The molecule has 0 aliphatic heterocycles. The van der Waals surface area contributed by atoms with Crippen LogP contribution in [0.25, 0.3) is 74.4 Å². The number of hydrogen-bond donors (Lipinski definition) is 0. The third-order valence-electron chi connectivity index (χ3n) is 9.42. The smallest absolute Gasteiger partial charge is 0.135 e. The second-order valence-electron chi connectivity index (χ2n) is 13.0. The van der Waals surface area contributed by atoms with Crippen LogP contribution in [-0.4, -0.2) is 0 Å². The molecular weight excluding hydrogens is 3400 g/mol. The van der Waals surface area contributed by atoms with E-state index in [0.717, 1.165) is 11.2 Å². The van der Waals surface area contributed by atoms with Gasteiger partial charge in [-0.25, -0.2) is 0 Å². The maximum atomic E-state index is 5.65. The van der Waals surface area contributed by atoms with E-state index >= 15 is 0 Å². The summed E-state index contributed by atoms with van der Waals surface area (Å²) < 4.78 is 8.41. The Bertz CT molecular complexity index is 2650. The van der Waals surface area contributed by atoms with E-state index in [1.165, 1.54) is 63.3 Å². The third kappa shape index (κ3) is 113. The molecule has 0 spiro atoms. The summed E-state index contributed by atoms with van der Waals surface area (Å²) in [4.78, 5) is 0. The van der Waals surface area contributed by atoms with Crippen LogP contribution >= 0.6 is 11.3 Å². The number of hydrogen-bond acceptors (Lipinski definition) is 2. The Morgan fingerprint density at radius 3 is 0.537 bits per heavy atom. The SMILES string of the molecule is CC.CC.CC.CC.CC.CC.CC.CC.CC.CC.CC.CC.CC.[Y].[Y].[Y].[Y].[Y].[Y].[Y].[Y].[Y].[Y].[Y].[Y].[Y].[Y].[Y].[Y].[Y].[Y].[Y].[Y].[Y].[Y].[Y].[Y].[Y].[Y].[Y].c1ccc2c(c1)[cH-]c1ccccc12.c1ccc2c(c1)oc1ccccc12.c1ccc2c(c1)sc1ccccc12.c1ccc2ccccc2c1.c1ccccc1. The normalized spacial score (nSPS) is 6.09. The van der Waals surface area contributed by atoms with E-state index in [9.17, 15) is 0 Å². The first-order valence-corrected chi connectivity index (χ1v) is 32.3. The van der Waals surface area contributed by atoms with E-state index in [1.807, 2.05) is 264 Å². The van der Waals surface area contributed by atoms with Crippen molar-refractivity contribution < 1.29 is 888 Å². The Hall–Kier alpha value is 22.9. The summed E-state index contributed by atoms with van der Waals surface area (Å²) in [7, 11) is 0. The van der Waals surface area contributed by atoms with Gasteiger partial charge in [-0.05, 0) is 35.0 Å². The monoisotopic (exact) mass is 3510 g/mol. The van der Waals surface area contributed by atoms with Gasteiger partial charge in [0.15, 0.2) is 0 Å². The summed E-state index contributed by atoms with van der Waals surface area (Å²) in [5.74, 6) is 0. The number of para-hydroxylation sites is 2. The average Bonchev–Trinajstić information content (AvgIpc) is 1.67. The van der Waals surface area contributed by atoms with E-state index in [2.05, 4.69) is 164 Å². The summed E-state index contributed by atoms with van der Waals surface area (Å²) in [6.45, 7) is 52.0. The van der Waals surface area contributed by atoms with Crippen LogP contribution in [0.1, 0.15) is 180 Å². The number of fused-ring (bicyclic) bond motifs is 10. The molecule has 0 unspecified atom stereocenters. The first kappa shape index (κ1) is 230. The van der Waals surface area contributed by atoms with E-state index in [1.54, 1.807) is 0 Å². The minimum Gasteiger partial charge on any atom is -0.456 e. The van der Waals surface area contributed by atoms with Crippen molar-refractivity contribution in [2.45, 2.75) is 180 Å². The molecule has 0 bridgehead atoms. The van der Waals surface area contributed by atoms with Crippen LogP contribution in [0, 0.1) is 0 Å². The summed E-state index contributed by atoms with van der Waals surface area (Å²) in [6, 6.07) is 81.3. The van der Waals surface area contributed by atoms with Crippen LogP contribution in [-0.2, 0) is 883 Å².